The molecule has 0 aliphatic rings. The Labute approximate surface area is 125 Å². The third kappa shape index (κ3) is 4.13. The van der Waals surface area contributed by atoms with Crippen molar-refractivity contribution in [2.75, 3.05) is 0 Å². The number of thiazole rings is 1. The van der Waals surface area contributed by atoms with E-state index in [1.807, 2.05) is 51.6 Å². The molecular formula is C15H24N4S. The molecule has 2 rings (SSSR count). The van der Waals surface area contributed by atoms with Gasteiger partial charge < -0.3 is 4.57 Å². The molecule has 5 heteroatoms. The second-order valence-corrected chi connectivity index (χ2v) is 4.03. The maximum atomic E-state index is 4.47. The number of hydrogen-bond acceptors (Lipinski definition) is 4. The normalized spacial score (nSPS) is 9.50. The fraction of sp³-hybridized carbons (Fsp3) is 0.400. The highest BCUT2D eigenvalue weighted by atomic mass is 32.1. The van der Waals surface area contributed by atoms with E-state index in [4.69, 9.17) is 0 Å². The first-order chi connectivity index (χ1) is 9.77. The van der Waals surface area contributed by atoms with E-state index in [9.17, 15) is 0 Å². The van der Waals surface area contributed by atoms with Crippen LogP contribution in [0.4, 0.5) is 5.82 Å². The van der Waals surface area contributed by atoms with Crippen LogP contribution in [-0.2, 0) is 7.05 Å². The van der Waals surface area contributed by atoms with Crippen LogP contribution >= 0.6 is 11.3 Å². The van der Waals surface area contributed by atoms with Crippen molar-refractivity contribution < 1.29 is 0 Å². The van der Waals surface area contributed by atoms with Crippen LogP contribution in [0.5, 0.6) is 0 Å². The molecule has 0 atom stereocenters. The highest BCUT2D eigenvalue weighted by Gasteiger charge is 2.14. The van der Waals surface area contributed by atoms with Crippen LogP contribution in [0.3, 0.4) is 0 Å². The summed E-state index contributed by atoms with van der Waals surface area (Å²) in [4.78, 5) is 13.0. The van der Waals surface area contributed by atoms with Gasteiger partial charge in [0.05, 0.1) is 0 Å². The lowest BCUT2D eigenvalue weighted by molar-refractivity contribution is 0.921. The second kappa shape index (κ2) is 10.1. The molecule has 0 aliphatic carbocycles. The molecule has 0 radical (unpaired) electrons. The molecule has 2 heterocycles. The first-order valence-electron chi connectivity index (χ1n) is 6.85. The Balaban J connectivity index is 0.000000829. The molecule has 0 aliphatic heterocycles. The van der Waals surface area contributed by atoms with Crippen LogP contribution in [0.25, 0.3) is 16.9 Å². The van der Waals surface area contributed by atoms with Crippen LogP contribution in [0.1, 0.15) is 40.3 Å². The van der Waals surface area contributed by atoms with Gasteiger partial charge in [-0.05, 0) is 13.0 Å². The monoisotopic (exact) mass is 292 g/mol. The first kappa shape index (κ1) is 18.2. The maximum Gasteiger partial charge on any atom is 0.171 e. The fourth-order valence-corrected chi connectivity index (χ4v) is 2.11. The molecule has 0 N–H and O–H groups in total. The number of imidazole rings is 1. The molecule has 2 aromatic rings. The molecule has 0 fully saturated rings. The highest BCUT2D eigenvalue weighted by Crippen LogP contribution is 2.28. The second-order valence-electron chi connectivity index (χ2n) is 3.13. The van der Waals surface area contributed by atoms with E-state index in [0.29, 0.717) is 0 Å². The summed E-state index contributed by atoms with van der Waals surface area (Å²) in [5, 5.41) is 2.82. The topological polar surface area (TPSA) is 43.1 Å². The SMILES string of the molecule is C=Cc1nc(-c2nccs2)n(C)c1/N=C\C.CC.CC. The summed E-state index contributed by atoms with van der Waals surface area (Å²) >= 11 is 1.56. The molecule has 110 valence electrons. The average molecular weight is 292 g/mol. The fourth-order valence-electron chi connectivity index (χ4n) is 1.45. The van der Waals surface area contributed by atoms with E-state index in [0.717, 1.165) is 22.3 Å². The molecule has 0 bridgehead atoms. The third-order valence-electron chi connectivity index (χ3n) is 2.16. The zero-order chi connectivity index (χ0) is 15.5. The zero-order valence-corrected chi connectivity index (χ0v) is 14.0. The molecule has 0 saturated heterocycles. The van der Waals surface area contributed by atoms with E-state index < -0.39 is 0 Å². The molecular weight excluding hydrogens is 268 g/mol. The van der Waals surface area contributed by atoms with Gasteiger partial charge in [-0.25, -0.2) is 15.0 Å². The van der Waals surface area contributed by atoms with Crippen molar-refractivity contribution in [1.82, 2.24) is 14.5 Å². The van der Waals surface area contributed by atoms with E-state index in [1.54, 1.807) is 29.8 Å². The summed E-state index contributed by atoms with van der Waals surface area (Å²) in [6.45, 7) is 13.6. The predicted octanol–water partition coefficient (Wildman–Crippen LogP) is 4.96. The standard InChI is InChI=1S/C11H12N4S.2C2H6/c1-4-8-9(12-5-2)15(3)10(14-8)11-13-6-7-16-11;2*1-2/h4-7H,1H2,2-3H3;2*1-2H3/b12-5-;;. The van der Waals surface area contributed by atoms with Crippen molar-refractivity contribution >= 4 is 29.4 Å². The lowest BCUT2D eigenvalue weighted by Crippen LogP contribution is -1.91. The third-order valence-corrected chi connectivity index (χ3v) is 2.93. The highest BCUT2D eigenvalue weighted by molar-refractivity contribution is 7.13. The lowest BCUT2D eigenvalue weighted by atomic mass is 10.4. The van der Waals surface area contributed by atoms with Gasteiger partial charge in [-0.3, -0.25) is 0 Å². The Morgan fingerprint density at radius 3 is 2.40 bits per heavy atom. The first-order valence-corrected chi connectivity index (χ1v) is 7.73. The number of rotatable bonds is 3. The molecule has 0 spiro atoms. The molecule has 0 saturated carbocycles. The smallest absolute Gasteiger partial charge is 0.171 e. The maximum absolute atomic E-state index is 4.47. The minimum Gasteiger partial charge on any atom is -0.310 e. The summed E-state index contributed by atoms with van der Waals surface area (Å²) in [5.41, 5.74) is 0.783. The quantitative estimate of drug-likeness (QED) is 0.750. The average Bonchev–Trinajstić information content (AvgIpc) is 3.13. The number of hydrogen-bond donors (Lipinski definition) is 0. The summed E-state index contributed by atoms with van der Waals surface area (Å²) in [5.74, 6) is 1.63. The van der Waals surface area contributed by atoms with E-state index in [2.05, 4.69) is 21.5 Å². The number of nitrogens with zero attached hydrogens (tertiary/aromatic N) is 4. The van der Waals surface area contributed by atoms with Crippen molar-refractivity contribution in [1.29, 1.82) is 0 Å². The van der Waals surface area contributed by atoms with Crippen molar-refractivity contribution in [2.24, 2.45) is 12.0 Å². The summed E-state index contributed by atoms with van der Waals surface area (Å²) in [7, 11) is 1.93. The van der Waals surface area contributed by atoms with Gasteiger partial charge >= 0.3 is 0 Å². The molecule has 0 aromatic carbocycles. The van der Waals surface area contributed by atoms with Gasteiger partial charge in [-0.2, -0.15) is 0 Å². The van der Waals surface area contributed by atoms with Gasteiger partial charge in [0.1, 0.15) is 5.69 Å². The Kier molecular flexibility index (Phi) is 9.20. The van der Waals surface area contributed by atoms with Gasteiger partial charge in [0.25, 0.3) is 0 Å². The van der Waals surface area contributed by atoms with Gasteiger partial charge in [-0.15, -0.1) is 11.3 Å². The van der Waals surface area contributed by atoms with Crippen LogP contribution in [0.2, 0.25) is 0 Å². The van der Waals surface area contributed by atoms with Crippen molar-refractivity contribution in [3.8, 4) is 10.8 Å². The van der Waals surface area contributed by atoms with Crippen LogP contribution in [0.15, 0.2) is 23.1 Å². The van der Waals surface area contributed by atoms with Crippen LogP contribution in [0, 0.1) is 0 Å². The van der Waals surface area contributed by atoms with Gasteiger partial charge in [-0.1, -0.05) is 34.3 Å². The Bertz CT molecular complexity index is 524. The minimum atomic E-state index is 0.783. The Hall–Kier alpha value is -1.75. The number of aromatic nitrogens is 3. The minimum absolute atomic E-state index is 0.783. The van der Waals surface area contributed by atoms with Crippen molar-refractivity contribution in [3.05, 3.63) is 23.8 Å². The van der Waals surface area contributed by atoms with Crippen LogP contribution < -0.4 is 0 Å². The lowest BCUT2D eigenvalue weighted by Gasteiger charge is -1.98. The predicted molar refractivity (Wildman–Crippen MR) is 90.9 cm³/mol. The largest absolute Gasteiger partial charge is 0.310 e. The van der Waals surface area contributed by atoms with E-state index in [1.165, 1.54) is 0 Å². The van der Waals surface area contributed by atoms with Crippen molar-refractivity contribution in [3.63, 3.8) is 0 Å². The zero-order valence-electron chi connectivity index (χ0n) is 13.2. The molecule has 4 nitrogen and oxygen atoms in total. The summed E-state index contributed by atoms with van der Waals surface area (Å²) in [6.07, 6.45) is 5.22. The molecule has 0 amide bonds. The van der Waals surface area contributed by atoms with Gasteiger partial charge in [0, 0.05) is 24.8 Å². The Morgan fingerprint density at radius 1 is 1.30 bits per heavy atom. The summed E-state index contributed by atoms with van der Waals surface area (Å²) < 4.78 is 1.93. The van der Waals surface area contributed by atoms with E-state index in [-0.39, 0.29) is 0 Å². The van der Waals surface area contributed by atoms with Gasteiger partial charge in [0.15, 0.2) is 16.6 Å². The van der Waals surface area contributed by atoms with Crippen molar-refractivity contribution in [2.45, 2.75) is 34.6 Å². The number of aliphatic imine (C=N–C) groups is 1. The van der Waals surface area contributed by atoms with Crippen LogP contribution in [-0.4, -0.2) is 20.7 Å². The molecule has 2 aromatic heterocycles. The Morgan fingerprint density at radius 2 is 1.95 bits per heavy atom. The van der Waals surface area contributed by atoms with E-state index >= 15 is 0 Å². The summed E-state index contributed by atoms with van der Waals surface area (Å²) in [6, 6.07) is 0. The van der Waals surface area contributed by atoms with Gasteiger partial charge in [0.2, 0.25) is 0 Å². The molecule has 0 unspecified atom stereocenters. The molecule has 20 heavy (non-hydrogen) atoms.